The van der Waals surface area contributed by atoms with Crippen molar-refractivity contribution in [2.45, 2.75) is 17.1 Å². The van der Waals surface area contributed by atoms with Crippen molar-refractivity contribution in [1.82, 2.24) is 0 Å². The highest BCUT2D eigenvalue weighted by atomic mass is 32.2. The van der Waals surface area contributed by atoms with Crippen LogP contribution in [0.3, 0.4) is 0 Å². The van der Waals surface area contributed by atoms with Gasteiger partial charge in [-0.15, -0.1) is 11.8 Å². The summed E-state index contributed by atoms with van der Waals surface area (Å²) >= 11 is 1.39. The maximum atomic E-state index is 12.2. The minimum Gasteiger partial charge on any atom is -0.316 e. The summed E-state index contributed by atoms with van der Waals surface area (Å²) in [6, 6.07) is 4.28. The molecule has 0 spiro atoms. The van der Waals surface area contributed by atoms with Gasteiger partial charge in [-0.1, -0.05) is 12.1 Å². The molecule has 0 fully saturated rings. The summed E-state index contributed by atoms with van der Waals surface area (Å²) in [7, 11) is 0. The van der Waals surface area contributed by atoms with Crippen molar-refractivity contribution in [3.05, 3.63) is 29.8 Å². The van der Waals surface area contributed by atoms with Gasteiger partial charge in [0.05, 0.1) is 0 Å². The van der Waals surface area contributed by atoms with Gasteiger partial charge in [-0.25, -0.2) is 0 Å². The second-order valence-corrected chi connectivity index (χ2v) is 3.68. The molecule has 0 heterocycles. The smallest absolute Gasteiger partial charge is 0.316 e. The zero-order valence-corrected chi connectivity index (χ0v) is 8.32. The molecule has 1 nitrogen and oxygen atoms in total. The van der Waals surface area contributed by atoms with E-state index in [9.17, 15) is 13.2 Å². The van der Waals surface area contributed by atoms with E-state index in [1.807, 2.05) is 0 Å². The van der Waals surface area contributed by atoms with Crippen molar-refractivity contribution in [3.8, 4) is 0 Å². The van der Waals surface area contributed by atoms with Crippen molar-refractivity contribution in [3.63, 3.8) is 0 Å². The van der Waals surface area contributed by atoms with E-state index in [0.29, 0.717) is 0 Å². The van der Waals surface area contributed by atoms with Crippen molar-refractivity contribution in [2.24, 2.45) is 5.73 Å². The molecular weight excluding hydrogens is 211 g/mol. The van der Waals surface area contributed by atoms with Crippen molar-refractivity contribution in [2.75, 3.05) is 6.26 Å². The van der Waals surface area contributed by atoms with Crippen LogP contribution < -0.4 is 5.73 Å². The Morgan fingerprint density at radius 3 is 2.50 bits per heavy atom. The fraction of sp³-hybridized carbons (Fsp3) is 0.333. The van der Waals surface area contributed by atoms with Gasteiger partial charge in [-0.05, 0) is 24.0 Å². The molecule has 0 unspecified atom stereocenters. The maximum Gasteiger partial charge on any atom is 0.407 e. The van der Waals surface area contributed by atoms with E-state index in [1.54, 1.807) is 18.4 Å². The van der Waals surface area contributed by atoms with Gasteiger partial charge in [0.25, 0.3) is 0 Å². The highest BCUT2D eigenvalue weighted by Crippen LogP contribution is 2.31. The summed E-state index contributed by atoms with van der Waals surface area (Å²) in [5.74, 6) is 0. The zero-order chi connectivity index (χ0) is 10.8. The van der Waals surface area contributed by atoms with Gasteiger partial charge in [0.15, 0.2) is 0 Å². The van der Waals surface area contributed by atoms with Gasteiger partial charge in [0.1, 0.15) is 6.04 Å². The Kier molecular flexibility index (Phi) is 3.44. The molecule has 0 aliphatic rings. The average Bonchev–Trinajstić information content (AvgIpc) is 2.15. The Morgan fingerprint density at radius 1 is 1.36 bits per heavy atom. The number of rotatable bonds is 2. The molecule has 0 aliphatic carbocycles. The molecule has 0 saturated heterocycles. The largest absolute Gasteiger partial charge is 0.407 e. The highest BCUT2D eigenvalue weighted by molar-refractivity contribution is 7.98. The van der Waals surface area contributed by atoms with Crippen LogP contribution in [-0.4, -0.2) is 12.4 Å². The van der Waals surface area contributed by atoms with Crippen LogP contribution in [0.25, 0.3) is 0 Å². The predicted octanol–water partition coefficient (Wildman–Crippen LogP) is 2.97. The maximum absolute atomic E-state index is 12.2. The van der Waals surface area contributed by atoms with Crippen LogP contribution in [0.2, 0.25) is 0 Å². The lowest BCUT2D eigenvalue weighted by molar-refractivity contribution is -0.149. The van der Waals surface area contributed by atoms with E-state index in [4.69, 9.17) is 5.73 Å². The van der Waals surface area contributed by atoms with Crippen LogP contribution in [0, 0.1) is 0 Å². The molecule has 0 aromatic heterocycles. The molecule has 2 N–H and O–H groups in total. The van der Waals surface area contributed by atoms with Crippen LogP contribution in [0.4, 0.5) is 13.2 Å². The fourth-order valence-corrected chi connectivity index (χ4v) is 1.49. The second kappa shape index (κ2) is 4.23. The molecule has 5 heteroatoms. The van der Waals surface area contributed by atoms with Gasteiger partial charge in [-0.3, -0.25) is 0 Å². The minimum atomic E-state index is -4.38. The SMILES string of the molecule is CSc1cccc([C@H](N)C(F)(F)F)c1. The van der Waals surface area contributed by atoms with Crippen LogP contribution in [0.5, 0.6) is 0 Å². The third-order valence-corrected chi connectivity index (χ3v) is 2.53. The number of halogens is 3. The molecule has 0 aliphatic heterocycles. The van der Waals surface area contributed by atoms with Gasteiger partial charge in [0.2, 0.25) is 0 Å². The molecule has 0 radical (unpaired) electrons. The fourth-order valence-electron chi connectivity index (χ4n) is 1.02. The number of alkyl halides is 3. The number of hydrogen-bond acceptors (Lipinski definition) is 2. The first-order valence-corrected chi connectivity index (χ1v) is 5.14. The molecule has 1 aromatic rings. The Hall–Kier alpha value is -0.680. The summed E-state index contributed by atoms with van der Waals surface area (Å²) in [5.41, 5.74) is 5.16. The van der Waals surface area contributed by atoms with Gasteiger partial charge in [-0.2, -0.15) is 13.2 Å². The van der Waals surface area contributed by atoms with Crippen LogP contribution in [-0.2, 0) is 0 Å². The van der Waals surface area contributed by atoms with Crippen molar-refractivity contribution >= 4 is 11.8 Å². The Balaban J connectivity index is 2.95. The number of hydrogen-bond donors (Lipinski definition) is 1. The molecule has 0 amide bonds. The highest BCUT2D eigenvalue weighted by Gasteiger charge is 2.37. The summed E-state index contributed by atoms with van der Waals surface area (Å²) in [6.07, 6.45) is -2.57. The van der Waals surface area contributed by atoms with E-state index in [1.165, 1.54) is 23.9 Å². The van der Waals surface area contributed by atoms with Crippen molar-refractivity contribution < 1.29 is 13.2 Å². The summed E-state index contributed by atoms with van der Waals surface area (Å²) in [6.45, 7) is 0. The van der Waals surface area contributed by atoms with Crippen LogP contribution in [0.1, 0.15) is 11.6 Å². The van der Waals surface area contributed by atoms with Gasteiger partial charge in [0, 0.05) is 4.90 Å². The lowest BCUT2D eigenvalue weighted by Gasteiger charge is -2.16. The number of nitrogens with two attached hydrogens (primary N) is 1. The van der Waals surface area contributed by atoms with Crippen LogP contribution >= 0.6 is 11.8 Å². The Morgan fingerprint density at radius 2 is 2.00 bits per heavy atom. The molecule has 78 valence electrons. The third-order valence-electron chi connectivity index (χ3n) is 1.81. The van der Waals surface area contributed by atoms with Gasteiger partial charge >= 0.3 is 6.18 Å². The van der Waals surface area contributed by atoms with Crippen LogP contribution in [0.15, 0.2) is 29.2 Å². The lowest BCUT2D eigenvalue weighted by Crippen LogP contribution is -2.28. The first-order chi connectivity index (χ1) is 6.45. The monoisotopic (exact) mass is 221 g/mol. The Bertz CT molecular complexity index is 311. The second-order valence-electron chi connectivity index (χ2n) is 2.80. The molecule has 0 bridgehead atoms. The topological polar surface area (TPSA) is 26.0 Å². The summed E-state index contributed by atoms with van der Waals surface area (Å²) < 4.78 is 36.7. The summed E-state index contributed by atoms with van der Waals surface area (Å²) in [4.78, 5) is 0.780. The average molecular weight is 221 g/mol. The van der Waals surface area contributed by atoms with E-state index >= 15 is 0 Å². The molecular formula is C9H10F3NS. The van der Waals surface area contributed by atoms with E-state index < -0.39 is 12.2 Å². The van der Waals surface area contributed by atoms with Gasteiger partial charge < -0.3 is 5.73 Å². The molecule has 1 aromatic carbocycles. The number of benzene rings is 1. The first-order valence-electron chi connectivity index (χ1n) is 3.91. The van der Waals surface area contributed by atoms with E-state index in [-0.39, 0.29) is 5.56 Å². The molecule has 14 heavy (non-hydrogen) atoms. The van der Waals surface area contributed by atoms with E-state index in [2.05, 4.69) is 0 Å². The normalized spacial score (nSPS) is 14.1. The molecule has 0 saturated carbocycles. The summed E-state index contributed by atoms with van der Waals surface area (Å²) in [5, 5.41) is 0. The minimum absolute atomic E-state index is 0.101. The third kappa shape index (κ3) is 2.65. The Labute approximate surface area is 84.5 Å². The molecule has 1 rings (SSSR count). The van der Waals surface area contributed by atoms with E-state index in [0.717, 1.165) is 4.90 Å². The quantitative estimate of drug-likeness (QED) is 0.777. The lowest BCUT2D eigenvalue weighted by atomic mass is 10.1. The zero-order valence-electron chi connectivity index (χ0n) is 7.51. The predicted molar refractivity (Wildman–Crippen MR) is 51.2 cm³/mol. The first kappa shape index (κ1) is 11.4. The standard InChI is InChI=1S/C9H10F3NS/c1-14-7-4-2-3-6(5-7)8(13)9(10,11)12/h2-5,8H,13H2,1H3/t8-/m0/s1. The van der Waals surface area contributed by atoms with Crippen molar-refractivity contribution in [1.29, 1.82) is 0 Å². The molecule has 1 atom stereocenters. The number of thioether (sulfide) groups is 1.